The van der Waals surface area contributed by atoms with E-state index in [0.717, 1.165) is 0 Å². The van der Waals surface area contributed by atoms with E-state index in [0.29, 0.717) is 28.8 Å². The van der Waals surface area contributed by atoms with Gasteiger partial charge in [-0.1, -0.05) is 11.6 Å². The van der Waals surface area contributed by atoms with E-state index >= 15 is 0 Å². The van der Waals surface area contributed by atoms with E-state index in [1.165, 1.54) is 31.4 Å². The van der Waals surface area contributed by atoms with Crippen LogP contribution < -0.4 is 10.1 Å². The van der Waals surface area contributed by atoms with Crippen molar-refractivity contribution >= 4 is 34.2 Å². The fourth-order valence-corrected chi connectivity index (χ4v) is 2.54. The van der Waals surface area contributed by atoms with Gasteiger partial charge in [-0.15, -0.1) is 0 Å². The first-order valence-corrected chi connectivity index (χ1v) is 7.56. The number of carbonyl (C=O) groups excluding carboxylic acids is 1. The topological polar surface area (TPSA) is 51.5 Å². The summed E-state index contributed by atoms with van der Waals surface area (Å²) in [5.41, 5.74) is -0.414. The van der Waals surface area contributed by atoms with Crippen molar-refractivity contribution < 1.29 is 31.5 Å². The molecule has 0 spiro atoms. The van der Waals surface area contributed by atoms with Gasteiger partial charge in [-0.2, -0.15) is 13.2 Å². The molecule has 3 aromatic rings. The number of alkyl halides is 3. The van der Waals surface area contributed by atoms with Gasteiger partial charge < -0.3 is 14.5 Å². The monoisotopic (exact) mass is 387 g/mol. The van der Waals surface area contributed by atoms with Gasteiger partial charge in [0.15, 0.2) is 11.6 Å². The number of amides is 1. The molecule has 1 aromatic heterocycles. The van der Waals surface area contributed by atoms with E-state index in [1.807, 2.05) is 0 Å². The molecule has 1 heterocycles. The molecule has 0 atom stereocenters. The van der Waals surface area contributed by atoms with E-state index in [4.69, 9.17) is 20.8 Å². The van der Waals surface area contributed by atoms with Crippen molar-refractivity contribution in [2.75, 3.05) is 5.32 Å². The average Bonchev–Trinajstić information content (AvgIpc) is 2.91. The summed E-state index contributed by atoms with van der Waals surface area (Å²) in [6.45, 7) is 1.32. The Morgan fingerprint density at radius 1 is 1.23 bits per heavy atom. The molecule has 3 rings (SSSR count). The van der Waals surface area contributed by atoms with Crippen LogP contribution in [-0.4, -0.2) is 5.91 Å². The fraction of sp³-hybridized carbons (Fsp3) is 0.118. The van der Waals surface area contributed by atoms with E-state index < -0.39 is 28.3 Å². The lowest BCUT2D eigenvalue weighted by molar-refractivity contribution is -0.137. The van der Waals surface area contributed by atoms with Gasteiger partial charge in [0.1, 0.15) is 17.6 Å². The molecule has 26 heavy (non-hydrogen) atoms. The van der Waals surface area contributed by atoms with E-state index in [1.54, 1.807) is 0 Å². The number of hydrogen-bond acceptors (Lipinski definition) is 3. The molecule has 0 bridgehead atoms. The Bertz CT molecular complexity index is 974. The van der Waals surface area contributed by atoms with Crippen LogP contribution in [0.2, 0.25) is 5.02 Å². The highest BCUT2D eigenvalue weighted by Crippen LogP contribution is 2.39. The molecule has 0 fully saturated rings. The third-order valence-electron chi connectivity index (χ3n) is 3.40. The first-order chi connectivity index (χ1) is 12.1. The molecular formula is C17H10ClF4NO3. The van der Waals surface area contributed by atoms with Crippen molar-refractivity contribution in [2.45, 2.75) is 13.1 Å². The van der Waals surface area contributed by atoms with Gasteiger partial charge in [-0.05, 0) is 30.3 Å². The molecule has 0 aliphatic rings. The van der Waals surface area contributed by atoms with Crippen LogP contribution in [0.25, 0.3) is 11.0 Å². The number of benzene rings is 2. The zero-order chi connectivity index (χ0) is 19.1. The smallest absolute Gasteiger partial charge is 0.416 e. The van der Waals surface area contributed by atoms with Crippen LogP contribution in [0, 0.1) is 5.82 Å². The van der Waals surface area contributed by atoms with E-state index in [9.17, 15) is 22.4 Å². The number of anilines is 1. The summed E-state index contributed by atoms with van der Waals surface area (Å²) in [6, 6.07) is 5.26. The number of fused-ring (bicyclic) bond motifs is 1. The highest BCUT2D eigenvalue weighted by Gasteiger charge is 2.32. The van der Waals surface area contributed by atoms with Gasteiger partial charge in [0.05, 0.1) is 16.3 Å². The molecule has 0 saturated heterocycles. The van der Waals surface area contributed by atoms with Crippen LogP contribution in [0.15, 0.2) is 41.0 Å². The molecule has 0 aliphatic carbocycles. The Morgan fingerprint density at radius 2 is 1.96 bits per heavy atom. The molecule has 1 amide bonds. The third kappa shape index (κ3) is 3.60. The average molecular weight is 388 g/mol. The molecule has 4 nitrogen and oxygen atoms in total. The summed E-state index contributed by atoms with van der Waals surface area (Å²) in [5, 5.41) is 2.50. The minimum Gasteiger partial charge on any atom is -0.462 e. The summed E-state index contributed by atoms with van der Waals surface area (Å²) in [5.74, 6) is -2.01. The van der Waals surface area contributed by atoms with Gasteiger partial charge in [-0.25, -0.2) is 4.39 Å². The number of carbonyl (C=O) groups is 1. The summed E-state index contributed by atoms with van der Waals surface area (Å²) >= 11 is 5.75. The quantitative estimate of drug-likeness (QED) is 0.561. The van der Waals surface area contributed by atoms with Crippen LogP contribution in [0.1, 0.15) is 12.5 Å². The van der Waals surface area contributed by atoms with Crippen LogP contribution in [0.5, 0.6) is 11.5 Å². The molecule has 0 saturated carbocycles. The third-order valence-corrected chi connectivity index (χ3v) is 3.68. The first-order valence-electron chi connectivity index (χ1n) is 7.18. The Balaban J connectivity index is 1.97. The lowest BCUT2D eigenvalue weighted by Crippen LogP contribution is -2.06. The number of hydrogen-bond donors (Lipinski definition) is 1. The van der Waals surface area contributed by atoms with Crippen LogP contribution in [-0.2, 0) is 11.0 Å². The lowest BCUT2D eigenvalue weighted by atomic mass is 10.2. The Morgan fingerprint density at radius 3 is 2.58 bits per heavy atom. The summed E-state index contributed by atoms with van der Waals surface area (Å²) < 4.78 is 62.7. The zero-order valence-electron chi connectivity index (χ0n) is 13.1. The Labute approximate surface area is 149 Å². The largest absolute Gasteiger partial charge is 0.462 e. The molecule has 9 heteroatoms. The molecular weight excluding hydrogens is 378 g/mol. The summed E-state index contributed by atoms with van der Waals surface area (Å²) in [7, 11) is 0. The van der Waals surface area contributed by atoms with Crippen LogP contribution >= 0.6 is 11.6 Å². The predicted molar refractivity (Wildman–Crippen MR) is 87.0 cm³/mol. The number of furan rings is 1. The highest BCUT2D eigenvalue weighted by molar-refractivity contribution is 6.32. The summed E-state index contributed by atoms with van der Waals surface area (Å²) in [6.07, 6.45) is -3.41. The van der Waals surface area contributed by atoms with E-state index in [2.05, 4.69) is 5.32 Å². The first kappa shape index (κ1) is 18.1. The van der Waals surface area contributed by atoms with Gasteiger partial charge in [0.25, 0.3) is 0 Å². The normalized spacial score (nSPS) is 11.6. The van der Waals surface area contributed by atoms with E-state index in [-0.39, 0.29) is 11.7 Å². The number of nitrogens with one attached hydrogen (secondary N) is 1. The fourth-order valence-electron chi connectivity index (χ4n) is 2.30. The number of halogens is 5. The van der Waals surface area contributed by atoms with Crippen molar-refractivity contribution in [3.05, 3.63) is 53.0 Å². The molecule has 136 valence electrons. The predicted octanol–water partition coefficient (Wildman–Crippen LogP) is 5.99. The molecule has 0 radical (unpaired) electrons. The number of rotatable bonds is 3. The minimum absolute atomic E-state index is 0.103. The van der Waals surface area contributed by atoms with Gasteiger partial charge in [0.2, 0.25) is 5.91 Å². The maximum absolute atomic E-state index is 14.0. The SMILES string of the molecule is CC(=O)Nc1coc2ccc(Oc3c(F)cc(C(F)(F)F)cc3Cl)cc12. The second kappa shape index (κ2) is 6.53. The molecule has 2 aromatic carbocycles. The maximum Gasteiger partial charge on any atom is 0.416 e. The van der Waals surface area contributed by atoms with Crippen molar-refractivity contribution in [3.63, 3.8) is 0 Å². The standard InChI is InChI=1S/C17H10ClF4NO3/c1-8(24)23-14-7-25-15-3-2-10(6-11(14)15)26-16-12(18)4-9(5-13(16)19)17(20,21)22/h2-7H,1H3,(H,23,24). The maximum atomic E-state index is 14.0. The minimum atomic E-state index is -4.73. The highest BCUT2D eigenvalue weighted by atomic mass is 35.5. The van der Waals surface area contributed by atoms with Crippen molar-refractivity contribution in [3.8, 4) is 11.5 Å². The molecule has 0 aliphatic heterocycles. The van der Waals surface area contributed by atoms with Gasteiger partial charge >= 0.3 is 6.18 Å². The van der Waals surface area contributed by atoms with Gasteiger partial charge in [0, 0.05) is 12.3 Å². The van der Waals surface area contributed by atoms with Crippen LogP contribution in [0.3, 0.4) is 0 Å². The number of ether oxygens (including phenoxy) is 1. The Kier molecular flexibility index (Phi) is 4.53. The van der Waals surface area contributed by atoms with Crippen molar-refractivity contribution in [1.82, 2.24) is 0 Å². The molecule has 0 unspecified atom stereocenters. The van der Waals surface area contributed by atoms with Crippen LogP contribution in [0.4, 0.5) is 23.2 Å². The second-order valence-electron chi connectivity index (χ2n) is 5.36. The Hall–Kier alpha value is -2.74. The van der Waals surface area contributed by atoms with Crippen molar-refractivity contribution in [2.24, 2.45) is 0 Å². The second-order valence-corrected chi connectivity index (χ2v) is 5.76. The summed E-state index contributed by atoms with van der Waals surface area (Å²) in [4.78, 5) is 11.2. The lowest BCUT2D eigenvalue weighted by Gasteiger charge is -2.12. The van der Waals surface area contributed by atoms with Crippen molar-refractivity contribution in [1.29, 1.82) is 0 Å². The zero-order valence-corrected chi connectivity index (χ0v) is 13.8. The van der Waals surface area contributed by atoms with Gasteiger partial charge in [-0.3, -0.25) is 4.79 Å². The molecule has 1 N–H and O–H groups in total.